The first-order valence-electron chi connectivity index (χ1n) is 10.5. The van der Waals surface area contributed by atoms with Crippen molar-refractivity contribution < 1.29 is 18.0 Å². The van der Waals surface area contributed by atoms with E-state index in [2.05, 4.69) is 15.6 Å². The number of pyridine rings is 1. The fourth-order valence-electron chi connectivity index (χ4n) is 3.58. The molecule has 0 radical (unpaired) electrons. The fraction of sp³-hybridized carbons (Fsp3) is 0.409. The van der Waals surface area contributed by atoms with E-state index in [4.69, 9.17) is 0 Å². The molecule has 172 valence electrons. The number of piperidine rings is 1. The molecule has 1 aromatic carbocycles. The third-order valence-corrected chi connectivity index (χ3v) is 7.83. The number of carbonyl (C=O) groups is 2. The second-order valence-corrected chi connectivity index (χ2v) is 10.5. The SMILES string of the molecule is CSCC[C@@H](NC(=O)C1CCCN(S(=O)(=O)c2ccccc2)C1)C(=O)Nc1cccnc1. The van der Waals surface area contributed by atoms with Crippen LogP contribution >= 0.6 is 11.8 Å². The van der Waals surface area contributed by atoms with Crippen LogP contribution in [-0.4, -0.2) is 60.7 Å². The molecule has 1 fully saturated rings. The van der Waals surface area contributed by atoms with Gasteiger partial charge < -0.3 is 10.6 Å². The van der Waals surface area contributed by atoms with E-state index in [1.807, 2.05) is 6.26 Å². The van der Waals surface area contributed by atoms with Crippen LogP contribution in [0.25, 0.3) is 0 Å². The van der Waals surface area contributed by atoms with Crippen molar-refractivity contribution in [3.05, 3.63) is 54.9 Å². The molecule has 3 rings (SSSR count). The van der Waals surface area contributed by atoms with Gasteiger partial charge in [-0.3, -0.25) is 14.6 Å². The van der Waals surface area contributed by atoms with Gasteiger partial charge >= 0.3 is 0 Å². The second kappa shape index (κ2) is 11.4. The number of hydrogen-bond acceptors (Lipinski definition) is 6. The maximum absolute atomic E-state index is 13.0. The zero-order valence-corrected chi connectivity index (χ0v) is 19.6. The van der Waals surface area contributed by atoms with Crippen molar-refractivity contribution in [3.8, 4) is 0 Å². The summed E-state index contributed by atoms with van der Waals surface area (Å²) in [5.74, 6) is -0.425. The minimum absolute atomic E-state index is 0.0997. The Kier molecular flexibility index (Phi) is 8.66. The van der Waals surface area contributed by atoms with Gasteiger partial charge in [0.1, 0.15) is 6.04 Å². The molecule has 1 aromatic heterocycles. The predicted molar refractivity (Wildman–Crippen MR) is 126 cm³/mol. The van der Waals surface area contributed by atoms with Gasteiger partial charge in [-0.05, 0) is 55.5 Å². The van der Waals surface area contributed by atoms with Crippen molar-refractivity contribution in [1.29, 1.82) is 0 Å². The molecule has 8 nitrogen and oxygen atoms in total. The standard InChI is InChI=1S/C22H28N4O4S2/c1-31-14-11-20(22(28)24-18-8-5-12-23-15-18)25-21(27)17-7-6-13-26(16-17)32(29,30)19-9-3-2-4-10-19/h2-5,8-10,12,15,17,20H,6-7,11,13-14,16H2,1H3,(H,24,28)(H,25,27)/t17?,20-/m1/s1. The first-order chi connectivity index (χ1) is 15.4. The number of nitrogens with one attached hydrogen (secondary N) is 2. The summed E-state index contributed by atoms with van der Waals surface area (Å²) in [6, 6.07) is 11.0. The van der Waals surface area contributed by atoms with Crippen molar-refractivity contribution in [2.75, 3.05) is 30.4 Å². The molecule has 1 aliphatic rings. The van der Waals surface area contributed by atoms with Crippen LogP contribution in [0.15, 0.2) is 59.8 Å². The predicted octanol–water partition coefficient (Wildman–Crippen LogP) is 2.36. The minimum Gasteiger partial charge on any atom is -0.344 e. The van der Waals surface area contributed by atoms with Gasteiger partial charge in [-0.1, -0.05) is 18.2 Å². The summed E-state index contributed by atoms with van der Waals surface area (Å²) < 4.78 is 27.3. The lowest BCUT2D eigenvalue weighted by Crippen LogP contribution is -2.50. The van der Waals surface area contributed by atoms with Gasteiger partial charge in [0.2, 0.25) is 21.8 Å². The number of amides is 2. The molecular weight excluding hydrogens is 448 g/mol. The zero-order chi connectivity index (χ0) is 23.0. The molecule has 2 heterocycles. The molecule has 0 saturated carbocycles. The summed E-state index contributed by atoms with van der Waals surface area (Å²) in [7, 11) is -3.66. The number of sulfonamides is 1. The quantitative estimate of drug-likeness (QED) is 0.575. The topological polar surface area (TPSA) is 108 Å². The van der Waals surface area contributed by atoms with Gasteiger partial charge in [0, 0.05) is 19.3 Å². The number of nitrogens with zero attached hydrogens (tertiary/aromatic N) is 2. The van der Waals surface area contributed by atoms with E-state index >= 15 is 0 Å². The zero-order valence-electron chi connectivity index (χ0n) is 17.9. The van der Waals surface area contributed by atoms with Gasteiger partial charge in [0.25, 0.3) is 0 Å². The first kappa shape index (κ1) is 24.2. The molecular formula is C22H28N4O4S2. The Morgan fingerprint density at radius 2 is 2.00 bits per heavy atom. The summed E-state index contributed by atoms with van der Waals surface area (Å²) in [4.78, 5) is 30.0. The lowest BCUT2D eigenvalue weighted by molar-refractivity contribution is -0.130. The molecule has 0 aliphatic carbocycles. The number of thioether (sulfide) groups is 1. The Balaban J connectivity index is 1.66. The van der Waals surface area contributed by atoms with Gasteiger partial charge in [-0.15, -0.1) is 0 Å². The highest BCUT2D eigenvalue weighted by atomic mass is 32.2. The van der Waals surface area contributed by atoms with E-state index < -0.39 is 22.0 Å². The Labute approximate surface area is 193 Å². The molecule has 1 unspecified atom stereocenters. The van der Waals surface area contributed by atoms with Crippen LogP contribution in [0.4, 0.5) is 5.69 Å². The van der Waals surface area contributed by atoms with Crippen LogP contribution in [0.3, 0.4) is 0 Å². The highest BCUT2D eigenvalue weighted by Gasteiger charge is 2.34. The van der Waals surface area contributed by atoms with E-state index in [0.29, 0.717) is 37.2 Å². The largest absolute Gasteiger partial charge is 0.344 e. The average molecular weight is 477 g/mol. The third-order valence-electron chi connectivity index (χ3n) is 5.31. The summed E-state index contributed by atoms with van der Waals surface area (Å²) in [5, 5.41) is 5.63. The van der Waals surface area contributed by atoms with Crippen LogP contribution in [-0.2, 0) is 19.6 Å². The highest BCUT2D eigenvalue weighted by molar-refractivity contribution is 7.98. The summed E-state index contributed by atoms with van der Waals surface area (Å²) in [6.45, 7) is 0.473. The molecule has 10 heteroatoms. The van der Waals surface area contributed by atoms with Crippen LogP contribution < -0.4 is 10.6 Å². The maximum Gasteiger partial charge on any atom is 0.247 e. The number of aromatic nitrogens is 1. The molecule has 1 aliphatic heterocycles. The molecule has 1 saturated heterocycles. The molecule has 0 spiro atoms. The molecule has 2 N–H and O–H groups in total. The van der Waals surface area contributed by atoms with Crippen molar-refractivity contribution >= 4 is 39.3 Å². The van der Waals surface area contributed by atoms with Gasteiger partial charge in [-0.2, -0.15) is 16.1 Å². The molecule has 32 heavy (non-hydrogen) atoms. The Morgan fingerprint density at radius 3 is 2.69 bits per heavy atom. The van der Waals surface area contributed by atoms with E-state index in [1.54, 1.807) is 66.6 Å². The minimum atomic E-state index is -3.66. The van der Waals surface area contributed by atoms with E-state index in [0.717, 1.165) is 0 Å². The second-order valence-electron chi connectivity index (χ2n) is 7.59. The van der Waals surface area contributed by atoms with E-state index in [9.17, 15) is 18.0 Å². The van der Waals surface area contributed by atoms with Crippen molar-refractivity contribution in [1.82, 2.24) is 14.6 Å². The van der Waals surface area contributed by atoms with Gasteiger partial charge in [-0.25, -0.2) is 8.42 Å². The Bertz CT molecular complexity index is 1000. The molecule has 2 amide bonds. The molecule has 0 bridgehead atoms. The first-order valence-corrected chi connectivity index (χ1v) is 13.3. The van der Waals surface area contributed by atoms with Gasteiger partial charge in [0.05, 0.1) is 22.7 Å². The number of rotatable bonds is 9. The maximum atomic E-state index is 13.0. The number of carbonyl (C=O) groups excluding carboxylic acids is 2. The Morgan fingerprint density at radius 1 is 1.22 bits per heavy atom. The van der Waals surface area contributed by atoms with Crippen LogP contribution in [0.2, 0.25) is 0 Å². The average Bonchev–Trinajstić information content (AvgIpc) is 2.82. The van der Waals surface area contributed by atoms with E-state index in [-0.39, 0.29) is 23.3 Å². The number of benzene rings is 1. The smallest absolute Gasteiger partial charge is 0.247 e. The lowest BCUT2D eigenvalue weighted by Gasteiger charge is -2.32. The molecule has 2 aromatic rings. The van der Waals surface area contributed by atoms with Crippen LogP contribution in [0.1, 0.15) is 19.3 Å². The van der Waals surface area contributed by atoms with E-state index in [1.165, 1.54) is 4.31 Å². The fourth-order valence-corrected chi connectivity index (χ4v) is 5.59. The Hall–Kier alpha value is -2.43. The van der Waals surface area contributed by atoms with Crippen molar-refractivity contribution in [2.24, 2.45) is 5.92 Å². The van der Waals surface area contributed by atoms with Gasteiger partial charge in [0.15, 0.2) is 0 Å². The summed E-state index contributed by atoms with van der Waals surface area (Å²) in [5.41, 5.74) is 0.554. The normalized spacial score (nSPS) is 18.0. The summed E-state index contributed by atoms with van der Waals surface area (Å²) >= 11 is 1.59. The number of anilines is 1. The third kappa shape index (κ3) is 6.30. The lowest BCUT2D eigenvalue weighted by atomic mass is 9.98. The number of hydrogen-bond donors (Lipinski definition) is 2. The highest BCUT2D eigenvalue weighted by Crippen LogP contribution is 2.24. The van der Waals surface area contributed by atoms with Crippen LogP contribution in [0, 0.1) is 5.92 Å². The monoisotopic (exact) mass is 476 g/mol. The summed E-state index contributed by atoms with van der Waals surface area (Å²) in [6.07, 6.45) is 6.72. The van der Waals surface area contributed by atoms with Crippen molar-refractivity contribution in [2.45, 2.75) is 30.2 Å². The van der Waals surface area contributed by atoms with Crippen LogP contribution in [0.5, 0.6) is 0 Å². The van der Waals surface area contributed by atoms with Crippen molar-refractivity contribution in [3.63, 3.8) is 0 Å². The molecule has 2 atom stereocenters.